The molecular weight excluding hydrogens is 441 g/mol. The molecule has 3 heterocycles. The Kier molecular flexibility index (Phi) is 4.96. The molecule has 0 saturated carbocycles. The highest BCUT2D eigenvalue weighted by Gasteiger charge is 2.13. The van der Waals surface area contributed by atoms with E-state index in [9.17, 15) is 9.18 Å². The van der Waals surface area contributed by atoms with Crippen LogP contribution in [-0.4, -0.2) is 35.9 Å². The molecule has 5 aromatic rings. The number of ether oxygens (including phenoxy) is 1. The normalized spacial score (nSPS) is 11.3. The summed E-state index contributed by atoms with van der Waals surface area (Å²) in [5, 5.41) is 22.7. The van der Waals surface area contributed by atoms with Gasteiger partial charge in [0.1, 0.15) is 16.6 Å². The molecule has 0 atom stereocenters. The summed E-state index contributed by atoms with van der Waals surface area (Å²) in [6, 6.07) is 14.8. The van der Waals surface area contributed by atoms with E-state index in [0.717, 1.165) is 15.1 Å². The Morgan fingerprint density at radius 3 is 2.90 bits per heavy atom. The predicted octanol–water partition coefficient (Wildman–Crippen LogP) is 4.44. The van der Waals surface area contributed by atoms with E-state index in [1.807, 2.05) is 18.2 Å². The number of hydrogen-bond acceptors (Lipinski definition) is 8. The van der Waals surface area contributed by atoms with Gasteiger partial charge in [-0.3, -0.25) is 4.79 Å². The minimum absolute atomic E-state index is 0.103. The number of carboxylic acid groups (broad SMARTS) is 1. The second-order valence-corrected chi connectivity index (χ2v) is 8.55. The Balaban J connectivity index is 1.42. The molecule has 0 bridgehead atoms. The molecule has 0 aliphatic heterocycles. The van der Waals surface area contributed by atoms with Crippen LogP contribution in [0.3, 0.4) is 0 Å². The van der Waals surface area contributed by atoms with E-state index < -0.39 is 11.8 Å². The Labute approximate surface area is 182 Å². The average molecular weight is 453 g/mol. The van der Waals surface area contributed by atoms with Gasteiger partial charge in [0.05, 0.1) is 16.6 Å². The van der Waals surface area contributed by atoms with E-state index in [0.29, 0.717) is 21.6 Å². The second kappa shape index (κ2) is 7.93. The van der Waals surface area contributed by atoms with Crippen molar-refractivity contribution in [2.45, 2.75) is 16.5 Å². The van der Waals surface area contributed by atoms with Gasteiger partial charge < -0.3 is 9.84 Å². The summed E-state index contributed by atoms with van der Waals surface area (Å²) in [6.07, 6.45) is -0.103. The smallest absolute Gasteiger partial charge is 0.310 e. The molecule has 154 valence electrons. The maximum Gasteiger partial charge on any atom is 0.310 e. The Morgan fingerprint density at radius 2 is 2.06 bits per heavy atom. The lowest BCUT2D eigenvalue weighted by molar-refractivity contribution is -0.136. The van der Waals surface area contributed by atoms with Gasteiger partial charge in [-0.1, -0.05) is 6.07 Å². The molecule has 3 aromatic heterocycles. The zero-order valence-electron chi connectivity index (χ0n) is 15.6. The highest BCUT2D eigenvalue weighted by atomic mass is 32.2. The predicted molar refractivity (Wildman–Crippen MR) is 112 cm³/mol. The number of aromatic nitrogens is 5. The molecule has 0 aliphatic carbocycles. The fraction of sp³-hybridized carbons (Fsp3) is 0.0500. The highest BCUT2D eigenvalue weighted by Crippen LogP contribution is 2.32. The van der Waals surface area contributed by atoms with Gasteiger partial charge in [-0.15, -0.1) is 26.6 Å². The molecule has 8 nitrogen and oxygen atoms in total. The van der Waals surface area contributed by atoms with Crippen LogP contribution in [0.25, 0.3) is 15.9 Å². The molecule has 0 radical (unpaired) electrons. The molecule has 0 aliphatic rings. The van der Waals surface area contributed by atoms with E-state index in [1.165, 1.54) is 35.2 Å². The monoisotopic (exact) mass is 453 g/mol. The standard InChI is InChI=1S/C20H12FN5O3S2/c21-11-2-1-3-12(8-11)29-17-7-6-16-23-24-20(26(16)25-17)30-13-4-5-14-15(9-13)31-18(22-14)10-19(27)28/h1-9H,10H2,(H,27,28). The van der Waals surface area contributed by atoms with Crippen molar-refractivity contribution in [2.75, 3.05) is 0 Å². The summed E-state index contributed by atoms with van der Waals surface area (Å²) in [5.74, 6) is -0.701. The van der Waals surface area contributed by atoms with Crippen LogP contribution in [0.2, 0.25) is 0 Å². The average Bonchev–Trinajstić information content (AvgIpc) is 3.30. The van der Waals surface area contributed by atoms with Crippen LogP contribution < -0.4 is 4.74 Å². The van der Waals surface area contributed by atoms with Crippen molar-refractivity contribution in [2.24, 2.45) is 0 Å². The van der Waals surface area contributed by atoms with Crippen molar-refractivity contribution in [3.63, 3.8) is 0 Å². The highest BCUT2D eigenvalue weighted by molar-refractivity contribution is 7.99. The van der Waals surface area contributed by atoms with Gasteiger partial charge in [0.25, 0.3) is 0 Å². The molecule has 0 unspecified atom stereocenters. The van der Waals surface area contributed by atoms with E-state index in [4.69, 9.17) is 9.84 Å². The summed E-state index contributed by atoms with van der Waals surface area (Å²) >= 11 is 2.70. The molecular formula is C20H12FN5O3S2. The van der Waals surface area contributed by atoms with Gasteiger partial charge in [-0.2, -0.15) is 4.52 Å². The molecule has 11 heteroatoms. The van der Waals surface area contributed by atoms with E-state index in [2.05, 4.69) is 20.3 Å². The molecule has 0 saturated heterocycles. The van der Waals surface area contributed by atoms with E-state index in [1.54, 1.807) is 28.8 Å². The number of rotatable bonds is 6. The summed E-state index contributed by atoms with van der Waals surface area (Å²) < 4.78 is 21.5. The SMILES string of the molecule is O=C(O)Cc1nc2ccc(Sc3nnc4ccc(Oc5cccc(F)c5)nn34)cc2s1. The van der Waals surface area contributed by atoms with Gasteiger partial charge in [0.15, 0.2) is 5.65 Å². The number of aliphatic carboxylic acids is 1. The van der Waals surface area contributed by atoms with Crippen molar-refractivity contribution in [1.82, 2.24) is 24.8 Å². The molecule has 2 aromatic carbocycles. The first-order valence-corrected chi connectivity index (χ1v) is 10.6. The quantitative estimate of drug-likeness (QED) is 0.402. The first-order chi connectivity index (χ1) is 15.0. The van der Waals surface area contributed by atoms with E-state index in [-0.39, 0.29) is 12.3 Å². The fourth-order valence-electron chi connectivity index (χ4n) is 2.85. The van der Waals surface area contributed by atoms with Crippen LogP contribution in [0.5, 0.6) is 11.6 Å². The van der Waals surface area contributed by atoms with Crippen LogP contribution in [0.1, 0.15) is 5.01 Å². The fourth-order valence-corrected chi connectivity index (χ4v) is 4.75. The van der Waals surface area contributed by atoms with Crippen molar-refractivity contribution < 1.29 is 19.0 Å². The Bertz CT molecular complexity index is 1440. The maximum atomic E-state index is 13.4. The summed E-state index contributed by atoms with van der Waals surface area (Å²) in [7, 11) is 0. The van der Waals surface area contributed by atoms with Crippen LogP contribution in [0.15, 0.2) is 64.6 Å². The summed E-state index contributed by atoms with van der Waals surface area (Å²) in [6.45, 7) is 0. The number of fused-ring (bicyclic) bond motifs is 2. The largest absolute Gasteiger partial charge is 0.481 e. The van der Waals surface area contributed by atoms with Gasteiger partial charge in [0.2, 0.25) is 11.0 Å². The van der Waals surface area contributed by atoms with Crippen molar-refractivity contribution in [3.8, 4) is 11.6 Å². The van der Waals surface area contributed by atoms with Crippen LogP contribution in [-0.2, 0) is 11.2 Å². The van der Waals surface area contributed by atoms with Gasteiger partial charge in [-0.25, -0.2) is 9.37 Å². The first-order valence-electron chi connectivity index (χ1n) is 8.98. The topological polar surface area (TPSA) is 102 Å². The van der Waals surface area contributed by atoms with Crippen molar-refractivity contribution >= 4 is 44.9 Å². The molecule has 31 heavy (non-hydrogen) atoms. The third-order valence-electron chi connectivity index (χ3n) is 4.14. The maximum absolute atomic E-state index is 13.4. The second-order valence-electron chi connectivity index (χ2n) is 6.39. The number of hydrogen-bond donors (Lipinski definition) is 1. The van der Waals surface area contributed by atoms with Crippen LogP contribution in [0.4, 0.5) is 4.39 Å². The Hall–Kier alpha value is -3.57. The van der Waals surface area contributed by atoms with Crippen LogP contribution in [0, 0.1) is 5.82 Å². The zero-order chi connectivity index (χ0) is 21.4. The van der Waals surface area contributed by atoms with Gasteiger partial charge in [-0.05, 0) is 48.2 Å². The third-order valence-corrected chi connectivity index (χ3v) is 6.09. The van der Waals surface area contributed by atoms with Gasteiger partial charge in [0, 0.05) is 17.0 Å². The number of halogens is 1. The number of nitrogens with zero attached hydrogens (tertiary/aromatic N) is 5. The molecule has 0 spiro atoms. The minimum atomic E-state index is -0.911. The van der Waals surface area contributed by atoms with Crippen molar-refractivity contribution in [1.29, 1.82) is 0 Å². The van der Waals surface area contributed by atoms with Gasteiger partial charge >= 0.3 is 5.97 Å². The summed E-state index contributed by atoms with van der Waals surface area (Å²) in [5.41, 5.74) is 1.29. The van der Waals surface area contributed by atoms with Crippen LogP contribution >= 0.6 is 23.1 Å². The molecule has 1 N–H and O–H groups in total. The minimum Gasteiger partial charge on any atom is -0.481 e. The number of benzene rings is 2. The third kappa shape index (κ3) is 4.18. The lowest BCUT2D eigenvalue weighted by Gasteiger charge is -2.05. The zero-order valence-corrected chi connectivity index (χ0v) is 17.2. The molecule has 5 rings (SSSR count). The number of thiazole rings is 1. The molecule has 0 fully saturated rings. The molecule has 0 amide bonds. The number of carbonyl (C=O) groups is 1. The summed E-state index contributed by atoms with van der Waals surface area (Å²) in [4.78, 5) is 16.1. The first kappa shape index (κ1) is 19.4. The lowest BCUT2D eigenvalue weighted by Crippen LogP contribution is -1.98. The van der Waals surface area contributed by atoms with E-state index >= 15 is 0 Å². The van der Waals surface area contributed by atoms with Crippen molar-refractivity contribution in [3.05, 3.63) is 65.4 Å². The lowest BCUT2D eigenvalue weighted by atomic mass is 10.3. The number of carboxylic acids is 1. The Morgan fingerprint density at radius 1 is 1.16 bits per heavy atom.